The van der Waals surface area contributed by atoms with E-state index in [0.717, 1.165) is 11.1 Å². The van der Waals surface area contributed by atoms with Crippen molar-refractivity contribution in [2.24, 2.45) is 5.73 Å². The molecule has 1 atom stereocenters. The number of ether oxygens (including phenoxy) is 1. The third-order valence-electron chi connectivity index (χ3n) is 2.80. The molecule has 0 amide bonds. The lowest BCUT2D eigenvalue weighted by molar-refractivity contribution is 0.410. The third kappa shape index (κ3) is 2.49. The van der Waals surface area contributed by atoms with Crippen LogP contribution in [0.4, 0.5) is 4.39 Å². The summed E-state index contributed by atoms with van der Waals surface area (Å²) in [6.07, 6.45) is 3.39. The van der Waals surface area contributed by atoms with Crippen molar-refractivity contribution >= 4 is 0 Å². The number of halogens is 1. The number of methoxy groups -OCH3 is 1. The van der Waals surface area contributed by atoms with Crippen LogP contribution < -0.4 is 10.5 Å². The highest BCUT2D eigenvalue weighted by Gasteiger charge is 2.14. The van der Waals surface area contributed by atoms with Gasteiger partial charge < -0.3 is 10.5 Å². The molecule has 2 N–H and O–H groups in total. The van der Waals surface area contributed by atoms with E-state index < -0.39 is 6.04 Å². The summed E-state index contributed by atoms with van der Waals surface area (Å²) >= 11 is 0. The third-order valence-corrected chi connectivity index (χ3v) is 2.80. The molecule has 4 heteroatoms. The molecule has 2 aromatic rings. The number of aromatic nitrogens is 1. The van der Waals surface area contributed by atoms with Gasteiger partial charge in [-0.25, -0.2) is 4.39 Å². The topological polar surface area (TPSA) is 48.1 Å². The molecule has 0 aliphatic carbocycles. The van der Waals surface area contributed by atoms with Crippen molar-refractivity contribution in [3.05, 3.63) is 59.2 Å². The van der Waals surface area contributed by atoms with E-state index in [9.17, 15) is 4.39 Å². The molecule has 0 bridgehead atoms. The molecular weight excluding hydrogens is 231 g/mol. The van der Waals surface area contributed by atoms with Crippen LogP contribution in [0.1, 0.15) is 22.7 Å². The van der Waals surface area contributed by atoms with Gasteiger partial charge in [0.15, 0.2) is 0 Å². The fourth-order valence-corrected chi connectivity index (χ4v) is 1.82. The highest BCUT2D eigenvalue weighted by molar-refractivity contribution is 5.36. The van der Waals surface area contributed by atoms with Crippen molar-refractivity contribution in [2.45, 2.75) is 13.0 Å². The molecule has 18 heavy (non-hydrogen) atoms. The Hall–Kier alpha value is -1.94. The minimum atomic E-state index is -0.525. The van der Waals surface area contributed by atoms with Gasteiger partial charge in [0.25, 0.3) is 0 Å². The largest absolute Gasteiger partial charge is 0.497 e. The molecule has 1 unspecified atom stereocenters. The van der Waals surface area contributed by atoms with Crippen LogP contribution in [0.3, 0.4) is 0 Å². The van der Waals surface area contributed by atoms with Gasteiger partial charge in [-0.1, -0.05) is 12.1 Å². The fraction of sp³-hybridized carbons (Fsp3) is 0.214. The number of nitrogens with two attached hydrogens (primary N) is 1. The summed E-state index contributed by atoms with van der Waals surface area (Å²) in [7, 11) is 1.50. The number of benzene rings is 1. The van der Waals surface area contributed by atoms with Crippen molar-refractivity contribution in [3.63, 3.8) is 0 Å². The van der Waals surface area contributed by atoms with E-state index in [0.29, 0.717) is 11.3 Å². The van der Waals surface area contributed by atoms with Crippen molar-refractivity contribution in [1.82, 2.24) is 4.98 Å². The summed E-state index contributed by atoms with van der Waals surface area (Å²) in [4.78, 5) is 4.07. The Bertz CT molecular complexity index is 557. The minimum Gasteiger partial charge on any atom is -0.497 e. The maximum absolute atomic E-state index is 13.9. The number of pyridine rings is 1. The second-order valence-electron chi connectivity index (χ2n) is 4.16. The van der Waals surface area contributed by atoms with Crippen LogP contribution in [0.25, 0.3) is 0 Å². The van der Waals surface area contributed by atoms with Crippen LogP contribution in [0.5, 0.6) is 5.75 Å². The van der Waals surface area contributed by atoms with Gasteiger partial charge in [-0.3, -0.25) is 4.98 Å². The van der Waals surface area contributed by atoms with Gasteiger partial charge in [-0.05, 0) is 24.1 Å². The smallest absolute Gasteiger partial charge is 0.132 e. The number of hydrogen-bond donors (Lipinski definition) is 1. The number of rotatable bonds is 3. The average Bonchev–Trinajstić information content (AvgIpc) is 2.37. The Kier molecular flexibility index (Phi) is 3.58. The van der Waals surface area contributed by atoms with Crippen LogP contribution in [0.2, 0.25) is 0 Å². The fourth-order valence-electron chi connectivity index (χ4n) is 1.82. The van der Waals surface area contributed by atoms with Crippen LogP contribution in [-0.4, -0.2) is 12.1 Å². The minimum absolute atomic E-state index is 0.372. The average molecular weight is 246 g/mol. The molecule has 0 saturated heterocycles. The standard InChI is InChI=1S/C14H15FN2O/c1-9-5-10(8-17-7-9)14(16)12-4-3-11(18-2)6-13(12)15/h3-8,14H,16H2,1-2H3. The zero-order valence-corrected chi connectivity index (χ0v) is 10.4. The van der Waals surface area contributed by atoms with Crippen molar-refractivity contribution in [3.8, 4) is 5.75 Å². The normalized spacial score (nSPS) is 12.2. The molecule has 0 saturated carbocycles. The van der Waals surface area contributed by atoms with Crippen LogP contribution in [0, 0.1) is 12.7 Å². The van der Waals surface area contributed by atoms with Gasteiger partial charge >= 0.3 is 0 Å². The summed E-state index contributed by atoms with van der Waals surface area (Å²) in [6.45, 7) is 1.92. The summed E-state index contributed by atoms with van der Waals surface area (Å²) in [5, 5.41) is 0. The molecule has 0 spiro atoms. The lowest BCUT2D eigenvalue weighted by Gasteiger charge is -2.14. The van der Waals surface area contributed by atoms with E-state index in [1.165, 1.54) is 13.2 Å². The molecule has 0 radical (unpaired) electrons. The van der Waals surface area contributed by atoms with Gasteiger partial charge in [0.1, 0.15) is 11.6 Å². The molecule has 3 nitrogen and oxygen atoms in total. The van der Waals surface area contributed by atoms with Crippen LogP contribution in [0.15, 0.2) is 36.7 Å². The zero-order chi connectivity index (χ0) is 13.1. The maximum Gasteiger partial charge on any atom is 0.132 e. The first-order valence-electron chi connectivity index (χ1n) is 5.62. The molecule has 1 aromatic heterocycles. The van der Waals surface area contributed by atoms with E-state index in [2.05, 4.69) is 4.98 Å². The molecule has 94 valence electrons. The van der Waals surface area contributed by atoms with E-state index in [-0.39, 0.29) is 5.82 Å². The van der Waals surface area contributed by atoms with Gasteiger partial charge in [0, 0.05) is 24.0 Å². The Morgan fingerprint density at radius 2 is 2.06 bits per heavy atom. The number of aryl methyl sites for hydroxylation is 1. The van der Waals surface area contributed by atoms with E-state index in [4.69, 9.17) is 10.5 Å². The van der Waals surface area contributed by atoms with Crippen LogP contribution >= 0.6 is 0 Å². The first-order chi connectivity index (χ1) is 8.61. The molecule has 1 aromatic carbocycles. The molecular formula is C14H15FN2O. The summed E-state index contributed by atoms with van der Waals surface area (Å²) < 4.78 is 18.9. The van der Waals surface area contributed by atoms with Gasteiger partial charge in [0.2, 0.25) is 0 Å². The molecule has 1 heterocycles. The van der Waals surface area contributed by atoms with Gasteiger partial charge in [0.05, 0.1) is 13.2 Å². The molecule has 0 aliphatic rings. The Balaban J connectivity index is 2.37. The first kappa shape index (κ1) is 12.5. The second-order valence-corrected chi connectivity index (χ2v) is 4.16. The van der Waals surface area contributed by atoms with Gasteiger partial charge in [-0.2, -0.15) is 0 Å². The first-order valence-corrected chi connectivity index (χ1v) is 5.62. The summed E-state index contributed by atoms with van der Waals surface area (Å²) in [5.74, 6) is 0.106. The zero-order valence-electron chi connectivity index (χ0n) is 10.4. The summed E-state index contributed by atoms with van der Waals surface area (Å²) in [5.41, 5.74) is 8.28. The van der Waals surface area contributed by atoms with E-state index in [1.54, 1.807) is 24.5 Å². The highest BCUT2D eigenvalue weighted by Crippen LogP contribution is 2.25. The van der Waals surface area contributed by atoms with Crippen molar-refractivity contribution < 1.29 is 9.13 Å². The van der Waals surface area contributed by atoms with Gasteiger partial charge in [-0.15, -0.1) is 0 Å². The van der Waals surface area contributed by atoms with Crippen molar-refractivity contribution in [2.75, 3.05) is 7.11 Å². The molecule has 0 fully saturated rings. The molecule has 2 rings (SSSR count). The van der Waals surface area contributed by atoms with Crippen molar-refractivity contribution in [1.29, 1.82) is 0 Å². The highest BCUT2D eigenvalue weighted by atomic mass is 19.1. The quantitative estimate of drug-likeness (QED) is 0.905. The van der Waals surface area contributed by atoms with E-state index in [1.807, 2.05) is 13.0 Å². The lowest BCUT2D eigenvalue weighted by Crippen LogP contribution is -2.14. The SMILES string of the molecule is COc1ccc(C(N)c2cncc(C)c2)c(F)c1. The van der Waals surface area contributed by atoms with Crippen LogP contribution in [-0.2, 0) is 0 Å². The number of nitrogens with zero attached hydrogens (tertiary/aromatic N) is 1. The second kappa shape index (κ2) is 5.14. The van der Waals surface area contributed by atoms with E-state index >= 15 is 0 Å². The predicted molar refractivity (Wildman–Crippen MR) is 68.0 cm³/mol. The Labute approximate surface area is 105 Å². The summed E-state index contributed by atoms with van der Waals surface area (Å²) in [6, 6.07) is 6.05. The predicted octanol–water partition coefficient (Wildman–Crippen LogP) is 2.59. The number of hydrogen-bond acceptors (Lipinski definition) is 3. The molecule has 0 aliphatic heterocycles. The Morgan fingerprint density at radius 1 is 1.28 bits per heavy atom. The lowest BCUT2D eigenvalue weighted by atomic mass is 9.99. The maximum atomic E-state index is 13.9. The Morgan fingerprint density at radius 3 is 2.67 bits per heavy atom. The monoisotopic (exact) mass is 246 g/mol.